The second kappa shape index (κ2) is 6.90. The van der Waals surface area contributed by atoms with Gasteiger partial charge in [-0.2, -0.15) is 23.5 Å². The van der Waals surface area contributed by atoms with Crippen LogP contribution in [0.2, 0.25) is 0 Å². The molecule has 2 rings (SSSR count). The van der Waals surface area contributed by atoms with Gasteiger partial charge >= 0.3 is 0 Å². The van der Waals surface area contributed by atoms with Crippen molar-refractivity contribution in [3.05, 3.63) is 0 Å². The summed E-state index contributed by atoms with van der Waals surface area (Å²) in [6, 6.07) is 0.235. The minimum Gasteiger partial charge on any atom is -0.355 e. The van der Waals surface area contributed by atoms with E-state index in [0.29, 0.717) is 5.25 Å². The van der Waals surface area contributed by atoms with E-state index in [-0.39, 0.29) is 17.9 Å². The van der Waals surface area contributed by atoms with Crippen LogP contribution in [0.15, 0.2) is 0 Å². The number of hydrogen-bond donors (Lipinski definition) is 2. The summed E-state index contributed by atoms with van der Waals surface area (Å²) >= 11 is 3.99. The molecule has 3 atom stereocenters. The van der Waals surface area contributed by atoms with Crippen LogP contribution in [-0.4, -0.2) is 41.0 Å². The van der Waals surface area contributed by atoms with E-state index in [1.54, 1.807) is 0 Å². The van der Waals surface area contributed by atoms with Crippen molar-refractivity contribution in [3.8, 4) is 0 Å². The quantitative estimate of drug-likeness (QED) is 0.818. The van der Waals surface area contributed by atoms with Crippen molar-refractivity contribution >= 4 is 29.4 Å². The first-order valence-corrected chi connectivity index (χ1v) is 8.68. The van der Waals surface area contributed by atoms with Gasteiger partial charge < -0.3 is 11.1 Å². The summed E-state index contributed by atoms with van der Waals surface area (Å²) < 4.78 is 0. The fourth-order valence-corrected chi connectivity index (χ4v) is 5.09. The Morgan fingerprint density at radius 1 is 1.35 bits per heavy atom. The van der Waals surface area contributed by atoms with Crippen molar-refractivity contribution in [1.82, 2.24) is 5.32 Å². The highest BCUT2D eigenvalue weighted by Crippen LogP contribution is 2.25. The summed E-state index contributed by atoms with van der Waals surface area (Å²) in [5, 5.41) is 3.72. The molecule has 0 aromatic rings. The molecule has 0 bridgehead atoms. The van der Waals surface area contributed by atoms with Crippen LogP contribution in [0, 0.1) is 5.92 Å². The van der Waals surface area contributed by atoms with E-state index in [4.69, 9.17) is 5.73 Å². The van der Waals surface area contributed by atoms with E-state index in [9.17, 15) is 4.79 Å². The second-order valence-corrected chi connectivity index (χ2v) is 7.49. The van der Waals surface area contributed by atoms with Gasteiger partial charge in [-0.25, -0.2) is 0 Å². The monoisotopic (exact) mass is 274 g/mol. The van der Waals surface area contributed by atoms with Gasteiger partial charge in [-0.05, 0) is 19.3 Å². The number of hydrogen-bond acceptors (Lipinski definition) is 4. The van der Waals surface area contributed by atoms with Crippen LogP contribution in [0.3, 0.4) is 0 Å². The van der Waals surface area contributed by atoms with Gasteiger partial charge in [0, 0.05) is 41.0 Å². The Kier molecular flexibility index (Phi) is 5.50. The van der Waals surface area contributed by atoms with Crippen molar-refractivity contribution in [1.29, 1.82) is 0 Å². The van der Waals surface area contributed by atoms with Gasteiger partial charge in [-0.1, -0.05) is 6.42 Å². The van der Waals surface area contributed by atoms with Crippen LogP contribution >= 0.6 is 23.5 Å². The molecule has 1 saturated heterocycles. The number of amides is 1. The fourth-order valence-electron chi connectivity index (χ4n) is 2.48. The van der Waals surface area contributed by atoms with Crippen molar-refractivity contribution in [3.63, 3.8) is 0 Å². The Morgan fingerprint density at radius 3 is 2.94 bits per heavy atom. The predicted octanol–water partition coefficient (Wildman–Crippen LogP) is 1.47. The number of nitrogens with two attached hydrogens (primary N) is 1. The lowest BCUT2D eigenvalue weighted by Crippen LogP contribution is -2.40. The summed E-state index contributed by atoms with van der Waals surface area (Å²) in [7, 11) is 0. The molecule has 5 heteroatoms. The Balaban J connectivity index is 1.69. The van der Waals surface area contributed by atoms with Crippen molar-refractivity contribution in [2.45, 2.75) is 37.0 Å². The lowest BCUT2D eigenvalue weighted by Gasteiger charge is -2.27. The van der Waals surface area contributed by atoms with Crippen LogP contribution < -0.4 is 11.1 Å². The van der Waals surface area contributed by atoms with Crippen LogP contribution in [0.5, 0.6) is 0 Å². The molecular weight excluding hydrogens is 252 g/mol. The zero-order valence-electron chi connectivity index (χ0n) is 10.2. The molecule has 3 nitrogen and oxygen atoms in total. The highest BCUT2D eigenvalue weighted by Gasteiger charge is 2.25. The molecular formula is C12H22N2OS2. The molecule has 98 valence electrons. The first kappa shape index (κ1) is 13.6. The first-order valence-electron chi connectivity index (χ1n) is 6.48. The zero-order valence-corrected chi connectivity index (χ0v) is 11.8. The topological polar surface area (TPSA) is 55.1 Å². The summed E-state index contributed by atoms with van der Waals surface area (Å²) in [6.45, 7) is 0.836. The number of rotatable bonds is 3. The molecule has 1 saturated carbocycles. The van der Waals surface area contributed by atoms with Crippen molar-refractivity contribution in [2.24, 2.45) is 11.7 Å². The molecule has 2 fully saturated rings. The Morgan fingerprint density at radius 2 is 2.24 bits per heavy atom. The largest absolute Gasteiger partial charge is 0.355 e. The van der Waals surface area contributed by atoms with Crippen molar-refractivity contribution < 1.29 is 4.79 Å². The lowest BCUT2D eigenvalue weighted by molar-refractivity contribution is -0.126. The molecule has 0 aromatic heterocycles. The minimum atomic E-state index is 0.167. The maximum absolute atomic E-state index is 12.0. The van der Waals surface area contributed by atoms with Gasteiger partial charge in [-0.15, -0.1) is 0 Å². The van der Waals surface area contributed by atoms with Crippen LogP contribution in [0.4, 0.5) is 0 Å². The Labute approximate surface area is 112 Å². The highest BCUT2D eigenvalue weighted by atomic mass is 32.2. The SMILES string of the molecule is NC1CCCC(C(=O)NCC2CSCCS2)C1. The highest BCUT2D eigenvalue weighted by molar-refractivity contribution is 8.06. The Hall–Kier alpha value is 0.130. The maximum atomic E-state index is 12.0. The lowest BCUT2D eigenvalue weighted by atomic mass is 9.85. The molecule has 1 amide bonds. The summed E-state index contributed by atoms with van der Waals surface area (Å²) in [4.78, 5) is 12.0. The Bertz CT molecular complexity index is 257. The molecule has 0 aromatic carbocycles. The minimum absolute atomic E-state index is 0.167. The molecule has 2 aliphatic rings. The van der Waals surface area contributed by atoms with E-state index in [1.807, 2.05) is 23.5 Å². The number of carbonyl (C=O) groups excluding carboxylic acids is 1. The second-order valence-electron chi connectivity index (χ2n) is 4.94. The predicted molar refractivity (Wildman–Crippen MR) is 76.5 cm³/mol. The van der Waals surface area contributed by atoms with Gasteiger partial charge in [0.2, 0.25) is 5.91 Å². The van der Waals surface area contributed by atoms with Crippen LogP contribution in [0.1, 0.15) is 25.7 Å². The van der Waals surface area contributed by atoms with Crippen LogP contribution in [0.25, 0.3) is 0 Å². The molecule has 1 heterocycles. The summed E-state index contributed by atoms with van der Waals surface area (Å²) in [6.07, 6.45) is 4.08. The fraction of sp³-hybridized carbons (Fsp3) is 0.917. The van der Waals surface area contributed by atoms with E-state index in [0.717, 1.165) is 32.2 Å². The standard InChI is InChI=1S/C12H22N2OS2/c13-10-3-1-2-9(6-10)12(15)14-7-11-8-16-4-5-17-11/h9-11H,1-8,13H2,(H,14,15). The summed E-state index contributed by atoms with van der Waals surface area (Å²) in [5.41, 5.74) is 5.91. The molecule has 17 heavy (non-hydrogen) atoms. The molecule has 0 radical (unpaired) electrons. The first-order chi connectivity index (χ1) is 8.25. The third-order valence-electron chi connectivity index (χ3n) is 3.47. The smallest absolute Gasteiger partial charge is 0.223 e. The third-order valence-corrected chi connectivity index (χ3v) is 6.32. The van der Waals surface area contributed by atoms with E-state index in [1.165, 1.54) is 17.3 Å². The van der Waals surface area contributed by atoms with E-state index in [2.05, 4.69) is 5.32 Å². The average molecular weight is 274 g/mol. The van der Waals surface area contributed by atoms with Gasteiger partial charge in [0.05, 0.1) is 0 Å². The molecule has 0 spiro atoms. The molecule has 1 aliphatic heterocycles. The van der Waals surface area contributed by atoms with Gasteiger partial charge in [0.15, 0.2) is 0 Å². The molecule has 1 aliphatic carbocycles. The molecule has 3 N–H and O–H groups in total. The maximum Gasteiger partial charge on any atom is 0.223 e. The number of nitrogens with one attached hydrogen (secondary N) is 1. The third kappa shape index (κ3) is 4.38. The summed E-state index contributed by atoms with van der Waals surface area (Å²) in [5.74, 6) is 4.05. The van der Waals surface area contributed by atoms with E-state index >= 15 is 0 Å². The van der Waals surface area contributed by atoms with E-state index < -0.39 is 0 Å². The van der Waals surface area contributed by atoms with Gasteiger partial charge in [-0.3, -0.25) is 4.79 Å². The van der Waals surface area contributed by atoms with Crippen molar-refractivity contribution in [2.75, 3.05) is 23.8 Å². The van der Waals surface area contributed by atoms with Crippen LogP contribution in [-0.2, 0) is 4.79 Å². The average Bonchev–Trinajstić information content (AvgIpc) is 2.37. The normalized spacial score (nSPS) is 34.3. The van der Waals surface area contributed by atoms with Gasteiger partial charge in [0.1, 0.15) is 0 Å². The molecule has 3 unspecified atom stereocenters. The number of carbonyl (C=O) groups is 1. The number of thioether (sulfide) groups is 2. The van der Waals surface area contributed by atoms with Gasteiger partial charge in [0.25, 0.3) is 0 Å². The zero-order chi connectivity index (χ0) is 12.1.